The Morgan fingerprint density at radius 3 is 2.67 bits per heavy atom. The number of carbonyl (C=O) groups is 2. The van der Waals surface area contributed by atoms with Crippen LogP contribution in [0.2, 0.25) is 0 Å². The van der Waals surface area contributed by atoms with Crippen LogP contribution >= 0.6 is 0 Å². The van der Waals surface area contributed by atoms with Crippen molar-refractivity contribution in [2.75, 3.05) is 0 Å². The minimum Gasteiger partial charge on any atom is -0.481 e. The van der Waals surface area contributed by atoms with Crippen molar-refractivity contribution in [1.29, 1.82) is 0 Å². The maximum Gasteiger partial charge on any atom is 0.306 e. The molecule has 1 aliphatic rings. The van der Waals surface area contributed by atoms with Gasteiger partial charge in [-0.25, -0.2) is 0 Å². The number of aliphatic carboxylic acids is 1. The first-order chi connectivity index (χ1) is 11.5. The highest BCUT2D eigenvalue weighted by Crippen LogP contribution is 2.32. The van der Waals surface area contributed by atoms with E-state index >= 15 is 0 Å². The first-order valence-corrected chi connectivity index (χ1v) is 8.48. The molecule has 1 aromatic carbocycles. The molecule has 0 spiro atoms. The molecule has 2 aromatic rings. The number of para-hydroxylation sites is 1. The van der Waals surface area contributed by atoms with E-state index in [0.29, 0.717) is 12.8 Å². The summed E-state index contributed by atoms with van der Waals surface area (Å²) in [5, 5.41) is 13.2. The van der Waals surface area contributed by atoms with E-state index in [1.54, 1.807) is 0 Å². The second kappa shape index (κ2) is 6.67. The molecule has 1 amide bonds. The first kappa shape index (κ1) is 16.6. The van der Waals surface area contributed by atoms with Crippen LogP contribution in [0.15, 0.2) is 28.7 Å². The molecule has 2 N–H and O–H groups in total. The van der Waals surface area contributed by atoms with Crippen LogP contribution in [0.4, 0.5) is 0 Å². The van der Waals surface area contributed by atoms with E-state index in [2.05, 4.69) is 5.32 Å². The van der Waals surface area contributed by atoms with Crippen molar-refractivity contribution < 1.29 is 19.1 Å². The van der Waals surface area contributed by atoms with Gasteiger partial charge in [0, 0.05) is 16.9 Å². The predicted octanol–water partition coefficient (Wildman–Crippen LogP) is 3.81. The summed E-state index contributed by atoms with van der Waals surface area (Å²) in [5.41, 5.74) is 1.85. The molecule has 128 valence electrons. The molecular formula is C19H23NO4. The van der Waals surface area contributed by atoms with Crippen molar-refractivity contribution in [3.8, 4) is 0 Å². The molecule has 1 heterocycles. The van der Waals surface area contributed by atoms with Gasteiger partial charge in [0.1, 0.15) is 11.3 Å². The number of carbonyl (C=O) groups excluding carboxylic acids is 1. The molecule has 0 radical (unpaired) electrons. The zero-order valence-electron chi connectivity index (χ0n) is 14.0. The number of amides is 1. The molecular weight excluding hydrogens is 306 g/mol. The summed E-state index contributed by atoms with van der Waals surface area (Å²) >= 11 is 0. The van der Waals surface area contributed by atoms with Gasteiger partial charge in [-0.1, -0.05) is 24.6 Å². The zero-order chi connectivity index (χ0) is 17.3. The Hall–Kier alpha value is -2.30. The van der Waals surface area contributed by atoms with Gasteiger partial charge in [-0.3, -0.25) is 9.59 Å². The van der Waals surface area contributed by atoms with Crippen LogP contribution in [0.1, 0.15) is 50.0 Å². The number of nitrogens with one attached hydrogen (secondary N) is 1. The third-order valence-corrected chi connectivity index (χ3v) is 5.03. The Bertz CT molecular complexity index is 764. The fourth-order valence-electron chi connectivity index (χ4n) is 3.66. The van der Waals surface area contributed by atoms with Gasteiger partial charge in [-0.05, 0) is 39.2 Å². The van der Waals surface area contributed by atoms with Crippen LogP contribution in [0, 0.1) is 18.8 Å². The van der Waals surface area contributed by atoms with Gasteiger partial charge in [-0.15, -0.1) is 0 Å². The molecule has 1 saturated carbocycles. The van der Waals surface area contributed by atoms with E-state index in [-0.39, 0.29) is 17.9 Å². The zero-order valence-corrected chi connectivity index (χ0v) is 14.0. The molecule has 1 aliphatic carbocycles. The van der Waals surface area contributed by atoms with Crippen LogP contribution in [0.25, 0.3) is 11.0 Å². The summed E-state index contributed by atoms with van der Waals surface area (Å²) in [6.07, 6.45) is 2.62. The Morgan fingerprint density at radius 1 is 1.25 bits per heavy atom. The highest BCUT2D eigenvalue weighted by atomic mass is 16.4. The van der Waals surface area contributed by atoms with Gasteiger partial charge < -0.3 is 14.8 Å². The topological polar surface area (TPSA) is 79.5 Å². The standard InChI is InChI=1S/C19H23NO4/c1-11-15-8-3-4-9-16(15)24-17(11)12(2)20-18(21)13-6-5-7-14(10-13)19(22)23/h3-4,8-9,12-14H,5-7,10H2,1-2H3,(H,20,21)(H,22,23). The number of furan rings is 1. The molecule has 0 bridgehead atoms. The lowest BCUT2D eigenvalue weighted by Crippen LogP contribution is -2.36. The smallest absolute Gasteiger partial charge is 0.306 e. The first-order valence-electron chi connectivity index (χ1n) is 8.48. The van der Waals surface area contributed by atoms with E-state index in [1.165, 1.54) is 0 Å². The van der Waals surface area contributed by atoms with E-state index in [1.807, 2.05) is 38.1 Å². The van der Waals surface area contributed by atoms with E-state index < -0.39 is 11.9 Å². The van der Waals surface area contributed by atoms with Crippen LogP contribution in [0.5, 0.6) is 0 Å². The van der Waals surface area contributed by atoms with E-state index in [4.69, 9.17) is 9.52 Å². The van der Waals surface area contributed by atoms with Crippen molar-refractivity contribution in [3.63, 3.8) is 0 Å². The van der Waals surface area contributed by atoms with Crippen LogP contribution in [-0.2, 0) is 9.59 Å². The van der Waals surface area contributed by atoms with Crippen LogP contribution in [0.3, 0.4) is 0 Å². The Kier molecular flexibility index (Phi) is 4.60. The van der Waals surface area contributed by atoms with Gasteiger partial charge in [0.05, 0.1) is 12.0 Å². The Balaban J connectivity index is 1.71. The summed E-state index contributed by atoms with van der Waals surface area (Å²) < 4.78 is 5.90. The van der Waals surface area contributed by atoms with E-state index in [9.17, 15) is 9.59 Å². The average molecular weight is 329 g/mol. The molecule has 1 aromatic heterocycles. The third kappa shape index (κ3) is 3.16. The third-order valence-electron chi connectivity index (χ3n) is 5.03. The quantitative estimate of drug-likeness (QED) is 0.894. The number of hydrogen-bond acceptors (Lipinski definition) is 3. The number of hydrogen-bond donors (Lipinski definition) is 2. The van der Waals surface area contributed by atoms with Gasteiger partial charge in [-0.2, -0.15) is 0 Å². The Morgan fingerprint density at radius 2 is 1.96 bits per heavy atom. The SMILES string of the molecule is Cc1c(C(C)NC(=O)C2CCCC(C(=O)O)C2)oc2ccccc12. The minimum absolute atomic E-state index is 0.0756. The summed E-state index contributed by atoms with van der Waals surface area (Å²) in [7, 11) is 0. The second-order valence-electron chi connectivity index (χ2n) is 6.72. The molecule has 5 nitrogen and oxygen atoms in total. The molecule has 0 saturated heterocycles. The van der Waals surface area contributed by atoms with Crippen molar-refractivity contribution in [3.05, 3.63) is 35.6 Å². The van der Waals surface area contributed by atoms with E-state index in [0.717, 1.165) is 35.1 Å². The van der Waals surface area contributed by atoms with Crippen LogP contribution < -0.4 is 5.32 Å². The molecule has 3 unspecified atom stereocenters. The normalized spacial score (nSPS) is 22.2. The van der Waals surface area contributed by atoms with Crippen LogP contribution in [-0.4, -0.2) is 17.0 Å². The second-order valence-corrected chi connectivity index (χ2v) is 6.72. The summed E-state index contributed by atoms with van der Waals surface area (Å²) in [6, 6.07) is 7.57. The number of fused-ring (bicyclic) bond motifs is 1. The molecule has 3 atom stereocenters. The maximum atomic E-state index is 12.5. The summed E-state index contributed by atoms with van der Waals surface area (Å²) in [5.74, 6) is -0.748. The molecule has 3 rings (SSSR count). The predicted molar refractivity (Wildman–Crippen MR) is 90.6 cm³/mol. The highest BCUT2D eigenvalue weighted by Gasteiger charge is 2.32. The lowest BCUT2D eigenvalue weighted by molar-refractivity contribution is -0.144. The maximum absolute atomic E-state index is 12.5. The number of rotatable bonds is 4. The van der Waals surface area contributed by atoms with Gasteiger partial charge >= 0.3 is 5.97 Å². The Labute approximate surface area is 141 Å². The summed E-state index contributed by atoms with van der Waals surface area (Å²) in [6.45, 7) is 3.89. The van der Waals surface area contributed by atoms with Crippen molar-refractivity contribution in [2.24, 2.45) is 11.8 Å². The highest BCUT2D eigenvalue weighted by molar-refractivity contribution is 5.83. The van der Waals surface area contributed by atoms with Crippen molar-refractivity contribution in [1.82, 2.24) is 5.32 Å². The number of carboxylic acids is 1. The summed E-state index contributed by atoms with van der Waals surface area (Å²) in [4.78, 5) is 23.7. The molecule has 5 heteroatoms. The monoisotopic (exact) mass is 329 g/mol. The largest absolute Gasteiger partial charge is 0.481 e. The fraction of sp³-hybridized carbons (Fsp3) is 0.474. The van der Waals surface area contributed by atoms with Gasteiger partial charge in [0.15, 0.2) is 0 Å². The van der Waals surface area contributed by atoms with Gasteiger partial charge in [0.25, 0.3) is 0 Å². The molecule has 0 aliphatic heterocycles. The van der Waals surface area contributed by atoms with Crippen molar-refractivity contribution >= 4 is 22.8 Å². The molecule has 24 heavy (non-hydrogen) atoms. The molecule has 1 fully saturated rings. The lowest BCUT2D eigenvalue weighted by atomic mass is 9.81. The number of benzene rings is 1. The van der Waals surface area contributed by atoms with Crippen molar-refractivity contribution in [2.45, 2.75) is 45.6 Å². The minimum atomic E-state index is -0.798. The van der Waals surface area contributed by atoms with Gasteiger partial charge in [0.2, 0.25) is 5.91 Å². The number of carboxylic acid groups (broad SMARTS) is 1. The fourth-order valence-corrected chi connectivity index (χ4v) is 3.66. The average Bonchev–Trinajstić information content (AvgIpc) is 2.92. The number of aryl methyl sites for hydroxylation is 1. The lowest BCUT2D eigenvalue weighted by Gasteiger charge is -2.26.